The highest BCUT2D eigenvalue weighted by molar-refractivity contribution is 6.24. The Labute approximate surface area is 130 Å². The second-order valence-corrected chi connectivity index (χ2v) is 5.73. The summed E-state index contributed by atoms with van der Waals surface area (Å²) in [5.41, 5.74) is 1.50. The molecule has 0 amide bonds. The van der Waals surface area contributed by atoms with Crippen LogP contribution >= 0.6 is 0 Å². The SMILES string of the molecule is O=c1c2cccc3c(=O)n(-c4ccccc4)c4cccc1c4c23. The molecule has 0 fully saturated rings. The Morgan fingerprint density at radius 1 is 0.609 bits per heavy atom. The first kappa shape index (κ1) is 12.4. The van der Waals surface area contributed by atoms with Crippen LogP contribution in [0.3, 0.4) is 0 Å². The van der Waals surface area contributed by atoms with Gasteiger partial charge in [0.1, 0.15) is 0 Å². The van der Waals surface area contributed by atoms with Gasteiger partial charge in [0.2, 0.25) is 0 Å². The molecule has 5 aromatic rings. The van der Waals surface area contributed by atoms with E-state index >= 15 is 0 Å². The lowest BCUT2D eigenvalue weighted by molar-refractivity contribution is 1.06. The number of para-hydroxylation sites is 1. The molecule has 0 aliphatic rings. The lowest BCUT2D eigenvalue weighted by Crippen LogP contribution is -2.18. The summed E-state index contributed by atoms with van der Waals surface area (Å²) in [6.07, 6.45) is 0. The van der Waals surface area contributed by atoms with E-state index in [2.05, 4.69) is 0 Å². The summed E-state index contributed by atoms with van der Waals surface area (Å²) in [6, 6.07) is 20.5. The molecular weight excluding hydrogens is 286 g/mol. The van der Waals surface area contributed by atoms with E-state index in [4.69, 9.17) is 0 Å². The molecule has 23 heavy (non-hydrogen) atoms. The number of aromatic nitrogens is 1. The van der Waals surface area contributed by atoms with Crippen molar-refractivity contribution in [3.05, 3.63) is 87.3 Å². The average molecular weight is 297 g/mol. The number of hydrogen-bond acceptors (Lipinski definition) is 2. The van der Waals surface area contributed by atoms with Crippen LogP contribution in [0.25, 0.3) is 38.1 Å². The third-order valence-corrected chi connectivity index (χ3v) is 4.53. The van der Waals surface area contributed by atoms with Crippen LogP contribution in [0.2, 0.25) is 0 Å². The van der Waals surface area contributed by atoms with Crippen molar-refractivity contribution in [3.8, 4) is 5.69 Å². The maximum absolute atomic E-state index is 13.1. The van der Waals surface area contributed by atoms with Crippen molar-refractivity contribution >= 4 is 32.4 Å². The molecule has 0 aliphatic heterocycles. The van der Waals surface area contributed by atoms with Crippen molar-refractivity contribution in [2.75, 3.05) is 0 Å². The Balaban J connectivity index is 2.18. The Morgan fingerprint density at radius 3 is 2.04 bits per heavy atom. The second kappa shape index (κ2) is 4.17. The summed E-state index contributed by atoms with van der Waals surface area (Å²) < 4.78 is 1.70. The highest BCUT2D eigenvalue weighted by Gasteiger charge is 2.19. The molecule has 0 radical (unpaired) electrons. The summed E-state index contributed by atoms with van der Waals surface area (Å²) in [6.45, 7) is 0. The van der Waals surface area contributed by atoms with Crippen LogP contribution in [0.15, 0.2) is 76.3 Å². The molecule has 0 saturated heterocycles. The Bertz CT molecular complexity index is 1290. The molecular formula is C20H11NO2. The minimum Gasteiger partial charge on any atom is -0.289 e. The zero-order valence-electron chi connectivity index (χ0n) is 12.1. The van der Waals surface area contributed by atoms with E-state index in [1.165, 1.54) is 0 Å². The lowest BCUT2D eigenvalue weighted by atomic mass is 10.1. The van der Waals surface area contributed by atoms with Gasteiger partial charge >= 0.3 is 0 Å². The number of nitrogens with zero attached hydrogens (tertiary/aromatic N) is 1. The number of hydrogen-bond donors (Lipinski definition) is 0. The molecule has 108 valence electrons. The van der Waals surface area contributed by atoms with E-state index in [-0.39, 0.29) is 11.0 Å². The van der Waals surface area contributed by atoms with E-state index in [0.717, 1.165) is 22.0 Å². The van der Waals surface area contributed by atoms with E-state index in [1.54, 1.807) is 22.8 Å². The van der Waals surface area contributed by atoms with E-state index in [9.17, 15) is 9.59 Å². The minimum absolute atomic E-state index is 0.00131. The smallest absolute Gasteiger partial charge is 0.263 e. The quantitative estimate of drug-likeness (QED) is 0.444. The van der Waals surface area contributed by atoms with Crippen molar-refractivity contribution in [1.82, 2.24) is 4.57 Å². The fourth-order valence-corrected chi connectivity index (χ4v) is 3.58. The van der Waals surface area contributed by atoms with Gasteiger partial charge in [0.25, 0.3) is 5.56 Å². The van der Waals surface area contributed by atoms with Gasteiger partial charge in [0.05, 0.1) is 5.52 Å². The maximum atomic E-state index is 13.1. The van der Waals surface area contributed by atoms with Gasteiger partial charge in [-0.2, -0.15) is 0 Å². The molecule has 0 bridgehead atoms. The van der Waals surface area contributed by atoms with Crippen LogP contribution in [0.1, 0.15) is 0 Å². The molecule has 1 aromatic heterocycles. The fourth-order valence-electron chi connectivity index (χ4n) is 3.58. The number of pyridine rings is 1. The molecule has 0 N–H and O–H groups in total. The highest BCUT2D eigenvalue weighted by atomic mass is 16.1. The normalized spacial score (nSPS) is 11.8. The summed E-state index contributed by atoms with van der Waals surface area (Å²) in [5, 5.41) is 3.58. The first-order valence-electron chi connectivity index (χ1n) is 7.48. The van der Waals surface area contributed by atoms with Crippen LogP contribution in [0.5, 0.6) is 0 Å². The maximum Gasteiger partial charge on any atom is 0.263 e. The molecule has 0 spiro atoms. The van der Waals surface area contributed by atoms with Gasteiger partial charge in [0.15, 0.2) is 5.43 Å². The van der Waals surface area contributed by atoms with Crippen LogP contribution in [0.4, 0.5) is 0 Å². The molecule has 0 atom stereocenters. The largest absolute Gasteiger partial charge is 0.289 e. The topological polar surface area (TPSA) is 39.1 Å². The third-order valence-electron chi connectivity index (χ3n) is 4.53. The van der Waals surface area contributed by atoms with Gasteiger partial charge in [-0.15, -0.1) is 0 Å². The molecule has 3 nitrogen and oxygen atoms in total. The van der Waals surface area contributed by atoms with Gasteiger partial charge in [0, 0.05) is 32.6 Å². The molecule has 0 saturated carbocycles. The van der Waals surface area contributed by atoms with Gasteiger partial charge in [-0.25, -0.2) is 0 Å². The fraction of sp³-hybridized carbons (Fsp3) is 0. The number of rotatable bonds is 1. The van der Waals surface area contributed by atoms with Crippen molar-refractivity contribution < 1.29 is 0 Å². The standard InChI is InChI=1S/C20H11NO2/c22-19-13-8-4-10-15-17(13)18-14(19)9-5-11-16(18)21(20(15)23)12-6-2-1-3-7-12/h1-11H. The predicted molar refractivity (Wildman–Crippen MR) is 93.2 cm³/mol. The zero-order valence-corrected chi connectivity index (χ0v) is 12.1. The number of benzene rings is 3. The van der Waals surface area contributed by atoms with Crippen LogP contribution in [-0.2, 0) is 0 Å². The molecule has 0 unspecified atom stereocenters. The van der Waals surface area contributed by atoms with E-state index in [1.807, 2.05) is 48.5 Å². The Morgan fingerprint density at radius 2 is 1.26 bits per heavy atom. The molecule has 1 heterocycles. The van der Waals surface area contributed by atoms with Crippen molar-refractivity contribution in [3.63, 3.8) is 0 Å². The monoisotopic (exact) mass is 297 g/mol. The molecule has 3 heteroatoms. The highest BCUT2D eigenvalue weighted by Crippen LogP contribution is 2.32. The van der Waals surface area contributed by atoms with Crippen molar-refractivity contribution in [2.45, 2.75) is 0 Å². The van der Waals surface area contributed by atoms with Crippen LogP contribution < -0.4 is 11.0 Å². The van der Waals surface area contributed by atoms with Crippen molar-refractivity contribution in [1.29, 1.82) is 0 Å². The zero-order chi connectivity index (χ0) is 15.6. The van der Waals surface area contributed by atoms with Gasteiger partial charge < -0.3 is 0 Å². The van der Waals surface area contributed by atoms with Gasteiger partial charge in [-0.3, -0.25) is 14.2 Å². The van der Waals surface area contributed by atoms with Gasteiger partial charge in [-0.1, -0.05) is 42.5 Å². The second-order valence-electron chi connectivity index (χ2n) is 5.73. The Kier molecular flexibility index (Phi) is 2.24. The lowest BCUT2D eigenvalue weighted by Gasteiger charge is -2.12. The average Bonchev–Trinajstić information content (AvgIpc) is 2.90. The molecule has 4 aromatic carbocycles. The third kappa shape index (κ3) is 1.44. The predicted octanol–water partition coefficient (Wildman–Crippen LogP) is 3.53. The van der Waals surface area contributed by atoms with E-state index in [0.29, 0.717) is 16.2 Å². The first-order chi connectivity index (χ1) is 11.3. The van der Waals surface area contributed by atoms with Gasteiger partial charge in [-0.05, 0) is 24.3 Å². The van der Waals surface area contributed by atoms with E-state index < -0.39 is 0 Å². The Hall–Kier alpha value is -3.20. The first-order valence-corrected chi connectivity index (χ1v) is 7.48. The molecule has 5 rings (SSSR count). The summed E-state index contributed by atoms with van der Waals surface area (Å²) >= 11 is 0. The molecule has 0 aliphatic carbocycles. The van der Waals surface area contributed by atoms with Crippen molar-refractivity contribution in [2.24, 2.45) is 0 Å². The minimum atomic E-state index is -0.0904. The summed E-state index contributed by atoms with van der Waals surface area (Å²) in [7, 11) is 0. The van der Waals surface area contributed by atoms with Crippen LogP contribution in [-0.4, -0.2) is 4.57 Å². The summed E-state index contributed by atoms with van der Waals surface area (Å²) in [4.78, 5) is 25.7. The summed E-state index contributed by atoms with van der Waals surface area (Å²) in [5.74, 6) is 0. The van der Waals surface area contributed by atoms with Crippen LogP contribution in [0, 0.1) is 0 Å².